The van der Waals surface area contributed by atoms with Crippen LogP contribution in [0.15, 0.2) is 22.7 Å². The molecule has 1 amide bonds. The molecule has 18 heavy (non-hydrogen) atoms. The van der Waals surface area contributed by atoms with Gasteiger partial charge in [-0.05, 0) is 54.4 Å². The smallest absolute Gasteiger partial charge is 0.242 e. The Morgan fingerprint density at radius 2 is 2.11 bits per heavy atom. The molecule has 0 aliphatic heterocycles. The summed E-state index contributed by atoms with van der Waals surface area (Å²) in [6, 6.07) is 4.10. The molecule has 100 valence electrons. The van der Waals surface area contributed by atoms with Crippen molar-refractivity contribution >= 4 is 27.5 Å². The van der Waals surface area contributed by atoms with E-state index in [2.05, 4.69) is 26.6 Å². The second-order valence-electron chi connectivity index (χ2n) is 4.31. The van der Waals surface area contributed by atoms with Crippen LogP contribution in [-0.4, -0.2) is 18.0 Å². The van der Waals surface area contributed by atoms with Crippen molar-refractivity contribution in [1.29, 1.82) is 0 Å². The fourth-order valence-electron chi connectivity index (χ4n) is 1.38. The van der Waals surface area contributed by atoms with Gasteiger partial charge in [0.05, 0.1) is 0 Å². The maximum absolute atomic E-state index is 12.9. The Bertz CT molecular complexity index is 425. The predicted octanol–water partition coefficient (Wildman–Crippen LogP) is 3.30. The van der Waals surface area contributed by atoms with Gasteiger partial charge >= 0.3 is 0 Å². The van der Waals surface area contributed by atoms with Crippen LogP contribution in [-0.2, 0) is 4.79 Å². The number of amides is 1. The second kappa shape index (κ2) is 6.73. The van der Waals surface area contributed by atoms with Crippen molar-refractivity contribution < 1.29 is 9.18 Å². The van der Waals surface area contributed by atoms with E-state index in [0.717, 1.165) is 6.42 Å². The minimum absolute atomic E-state index is 0.0689. The monoisotopic (exact) mass is 316 g/mol. The Labute approximate surface area is 115 Å². The van der Waals surface area contributed by atoms with Gasteiger partial charge in [-0.25, -0.2) is 4.39 Å². The topological polar surface area (TPSA) is 41.1 Å². The van der Waals surface area contributed by atoms with Crippen molar-refractivity contribution in [3.8, 4) is 0 Å². The highest BCUT2D eigenvalue weighted by atomic mass is 79.9. The molecule has 0 saturated carbocycles. The van der Waals surface area contributed by atoms with E-state index in [1.165, 1.54) is 12.1 Å². The number of benzene rings is 1. The number of hydrogen-bond donors (Lipinski definition) is 2. The van der Waals surface area contributed by atoms with Crippen molar-refractivity contribution in [3.05, 3.63) is 28.5 Å². The quantitative estimate of drug-likeness (QED) is 0.875. The summed E-state index contributed by atoms with van der Waals surface area (Å²) in [7, 11) is 0. The van der Waals surface area contributed by atoms with Gasteiger partial charge < -0.3 is 10.6 Å². The van der Waals surface area contributed by atoms with Crippen LogP contribution in [0.2, 0.25) is 0 Å². The molecule has 0 fully saturated rings. The molecule has 0 aliphatic rings. The number of carbonyl (C=O) groups is 1. The molecule has 0 aromatic heterocycles. The van der Waals surface area contributed by atoms with E-state index in [0.29, 0.717) is 10.2 Å². The van der Waals surface area contributed by atoms with Gasteiger partial charge in [-0.3, -0.25) is 4.79 Å². The Balaban J connectivity index is 2.63. The Morgan fingerprint density at radius 3 is 2.67 bits per heavy atom. The van der Waals surface area contributed by atoms with E-state index < -0.39 is 0 Å². The molecular formula is C13H18BrFN2O. The van der Waals surface area contributed by atoms with E-state index >= 15 is 0 Å². The minimum Gasteiger partial charge on any atom is -0.373 e. The van der Waals surface area contributed by atoms with Gasteiger partial charge in [0, 0.05) is 16.2 Å². The molecular weight excluding hydrogens is 299 g/mol. The Hall–Kier alpha value is -1.10. The number of halogens is 2. The highest BCUT2D eigenvalue weighted by Crippen LogP contribution is 2.23. The van der Waals surface area contributed by atoms with Crippen LogP contribution < -0.4 is 10.6 Å². The van der Waals surface area contributed by atoms with Crippen LogP contribution in [0.4, 0.5) is 10.1 Å². The zero-order chi connectivity index (χ0) is 13.7. The van der Waals surface area contributed by atoms with Gasteiger partial charge in [0.25, 0.3) is 0 Å². The van der Waals surface area contributed by atoms with Gasteiger partial charge in [-0.15, -0.1) is 0 Å². The number of carbonyl (C=O) groups excluding carboxylic acids is 1. The third-order valence-electron chi connectivity index (χ3n) is 2.70. The summed E-state index contributed by atoms with van der Waals surface area (Å²) in [4.78, 5) is 11.8. The van der Waals surface area contributed by atoms with Crippen LogP contribution >= 0.6 is 15.9 Å². The number of anilines is 1. The second-order valence-corrected chi connectivity index (χ2v) is 5.16. The number of nitrogens with one attached hydrogen (secondary N) is 2. The first kappa shape index (κ1) is 15.0. The van der Waals surface area contributed by atoms with Crippen molar-refractivity contribution in [1.82, 2.24) is 5.32 Å². The molecule has 1 rings (SSSR count). The lowest BCUT2D eigenvalue weighted by molar-refractivity contribution is -0.122. The Morgan fingerprint density at radius 1 is 1.44 bits per heavy atom. The largest absolute Gasteiger partial charge is 0.373 e. The van der Waals surface area contributed by atoms with Crippen molar-refractivity contribution in [3.63, 3.8) is 0 Å². The molecule has 1 aromatic carbocycles. The molecule has 2 atom stereocenters. The molecule has 0 spiro atoms. The first-order valence-electron chi connectivity index (χ1n) is 5.96. The lowest BCUT2D eigenvalue weighted by Crippen LogP contribution is -2.41. The van der Waals surface area contributed by atoms with Gasteiger partial charge in [0.1, 0.15) is 11.9 Å². The molecule has 3 nitrogen and oxygen atoms in total. The molecule has 2 N–H and O–H groups in total. The van der Waals surface area contributed by atoms with Crippen molar-refractivity contribution in [2.45, 2.75) is 39.3 Å². The number of rotatable bonds is 5. The van der Waals surface area contributed by atoms with Crippen LogP contribution in [0.25, 0.3) is 0 Å². The maximum Gasteiger partial charge on any atom is 0.242 e. The minimum atomic E-state index is -0.374. The summed E-state index contributed by atoms with van der Waals surface area (Å²) in [6.45, 7) is 5.74. The summed E-state index contributed by atoms with van der Waals surface area (Å²) in [6.07, 6.45) is 0.888. The van der Waals surface area contributed by atoms with Gasteiger partial charge in [0.15, 0.2) is 0 Å². The summed E-state index contributed by atoms with van der Waals surface area (Å²) in [5.41, 5.74) is 0.697. The molecule has 0 saturated heterocycles. The SMILES string of the molecule is CCC(C)NC(=O)C(C)Nc1ccc(F)cc1Br. The van der Waals surface area contributed by atoms with Crippen LogP contribution in [0.1, 0.15) is 27.2 Å². The van der Waals surface area contributed by atoms with Crippen LogP contribution in [0, 0.1) is 5.82 Å². The third kappa shape index (κ3) is 4.29. The molecule has 0 bridgehead atoms. The van der Waals surface area contributed by atoms with E-state index in [-0.39, 0.29) is 23.8 Å². The lowest BCUT2D eigenvalue weighted by atomic mass is 10.2. The van der Waals surface area contributed by atoms with E-state index in [1.807, 2.05) is 13.8 Å². The molecule has 2 unspecified atom stereocenters. The highest BCUT2D eigenvalue weighted by Gasteiger charge is 2.15. The van der Waals surface area contributed by atoms with Crippen molar-refractivity contribution in [2.24, 2.45) is 0 Å². The van der Waals surface area contributed by atoms with Crippen LogP contribution in [0.5, 0.6) is 0 Å². The number of hydrogen-bond acceptors (Lipinski definition) is 2. The zero-order valence-corrected chi connectivity index (χ0v) is 12.3. The first-order chi connectivity index (χ1) is 8.43. The summed E-state index contributed by atoms with van der Waals surface area (Å²) in [5, 5.41) is 5.93. The fourth-order valence-corrected chi connectivity index (χ4v) is 1.84. The summed E-state index contributed by atoms with van der Waals surface area (Å²) < 4.78 is 13.5. The molecule has 5 heteroatoms. The van der Waals surface area contributed by atoms with Gasteiger partial charge in [-0.2, -0.15) is 0 Å². The van der Waals surface area contributed by atoms with E-state index in [4.69, 9.17) is 0 Å². The summed E-state index contributed by atoms with van der Waals surface area (Å²) >= 11 is 3.26. The lowest BCUT2D eigenvalue weighted by Gasteiger charge is -2.19. The van der Waals surface area contributed by atoms with Gasteiger partial charge in [0.2, 0.25) is 5.91 Å². The normalized spacial score (nSPS) is 13.8. The first-order valence-corrected chi connectivity index (χ1v) is 6.75. The molecule has 0 heterocycles. The Kier molecular flexibility index (Phi) is 5.59. The fraction of sp³-hybridized carbons (Fsp3) is 0.462. The maximum atomic E-state index is 12.9. The predicted molar refractivity (Wildman–Crippen MR) is 75.1 cm³/mol. The molecule has 0 aliphatic carbocycles. The van der Waals surface area contributed by atoms with E-state index in [1.54, 1.807) is 13.0 Å². The average Bonchev–Trinajstić information content (AvgIpc) is 2.32. The van der Waals surface area contributed by atoms with Crippen LogP contribution in [0.3, 0.4) is 0 Å². The van der Waals surface area contributed by atoms with Gasteiger partial charge in [-0.1, -0.05) is 6.92 Å². The highest BCUT2D eigenvalue weighted by molar-refractivity contribution is 9.10. The zero-order valence-electron chi connectivity index (χ0n) is 10.8. The standard InChI is InChI=1S/C13H18BrFN2O/c1-4-8(2)16-13(18)9(3)17-12-6-5-10(15)7-11(12)14/h5-9,17H,4H2,1-3H3,(H,16,18). The third-order valence-corrected chi connectivity index (χ3v) is 3.35. The van der Waals surface area contributed by atoms with E-state index in [9.17, 15) is 9.18 Å². The molecule has 0 radical (unpaired) electrons. The van der Waals surface area contributed by atoms with Crippen molar-refractivity contribution in [2.75, 3.05) is 5.32 Å². The summed E-state index contributed by atoms with van der Waals surface area (Å²) in [5.74, 6) is -0.385. The average molecular weight is 317 g/mol. The molecule has 1 aromatic rings.